The van der Waals surface area contributed by atoms with Crippen LogP contribution in [-0.2, 0) is 11.8 Å². The summed E-state index contributed by atoms with van der Waals surface area (Å²) in [4.78, 5) is 19.3. The van der Waals surface area contributed by atoms with Crippen LogP contribution in [0.2, 0.25) is 0 Å². The molecule has 5 nitrogen and oxygen atoms in total. The van der Waals surface area contributed by atoms with E-state index in [0.717, 1.165) is 5.69 Å². The fourth-order valence-corrected chi connectivity index (χ4v) is 3.31. The molecule has 0 atom stereocenters. The Morgan fingerprint density at radius 3 is 2.83 bits per heavy atom. The van der Waals surface area contributed by atoms with E-state index in [1.54, 1.807) is 35.2 Å². The number of amides is 1. The van der Waals surface area contributed by atoms with Gasteiger partial charge in [0.05, 0.1) is 10.6 Å². The van der Waals surface area contributed by atoms with Crippen molar-refractivity contribution < 1.29 is 9.90 Å². The molecule has 0 unspecified atom stereocenters. The molecule has 1 N–H and O–H groups in total. The Labute approximate surface area is 144 Å². The summed E-state index contributed by atoms with van der Waals surface area (Å²) < 4.78 is 1.95. The zero-order valence-corrected chi connectivity index (χ0v) is 14.0. The summed E-state index contributed by atoms with van der Waals surface area (Å²) in [5.41, 5.74) is 1.54. The Morgan fingerprint density at radius 2 is 2.17 bits per heavy atom. The zero-order chi connectivity index (χ0) is 17.1. The first-order valence-electron chi connectivity index (χ1n) is 7.40. The van der Waals surface area contributed by atoms with Crippen molar-refractivity contribution in [2.24, 2.45) is 12.0 Å². The van der Waals surface area contributed by atoms with Crippen molar-refractivity contribution >= 4 is 34.6 Å². The monoisotopic (exact) mass is 339 g/mol. The first-order valence-corrected chi connectivity index (χ1v) is 8.21. The number of hydrogen-bond acceptors (Lipinski definition) is 4. The second-order valence-electron chi connectivity index (χ2n) is 5.27. The van der Waals surface area contributed by atoms with Crippen molar-refractivity contribution in [2.75, 3.05) is 6.54 Å². The molecule has 1 saturated heterocycles. The van der Waals surface area contributed by atoms with Crippen LogP contribution in [-0.4, -0.2) is 32.2 Å². The van der Waals surface area contributed by atoms with Crippen LogP contribution in [0, 0.1) is 0 Å². The van der Waals surface area contributed by atoms with Crippen LogP contribution in [0.4, 0.5) is 5.69 Å². The number of aromatic hydroxyl groups is 1. The molecule has 1 aromatic heterocycles. The molecule has 0 radical (unpaired) electrons. The smallest absolute Gasteiger partial charge is 0.267 e. The Hall–Kier alpha value is -2.73. The minimum atomic E-state index is -0.0972. The second-order valence-corrected chi connectivity index (χ2v) is 6.28. The molecule has 3 rings (SSSR count). The lowest BCUT2D eigenvalue weighted by molar-refractivity contribution is -0.121. The molecule has 0 aliphatic carbocycles. The lowest BCUT2D eigenvalue weighted by Gasteiger charge is -2.12. The fraction of sp³-hybridized carbons (Fsp3) is 0.111. The highest BCUT2D eigenvalue weighted by atomic mass is 32.2. The van der Waals surface area contributed by atoms with Crippen LogP contribution in [0.25, 0.3) is 6.08 Å². The summed E-state index contributed by atoms with van der Waals surface area (Å²) in [5, 5.41) is 10.1. The summed E-state index contributed by atoms with van der Waals surface area (Å²) in [5.74, 6) is 0.0426. The number of aliphatic imine (C=N–C) groups is 1. The van der Waals surface area contributed by atoms with E-state index in [4.69, 9.17) is 0 Å². The number of phenols is 1. The van der Waals surface area contributed by atoms with E-state index in [0.29, 0.717) is 22.3 Å². The van der Waals surface area contributed by atoms with Gasteiger partial charge in [-0.05, 0) is 42.1 Å². The largest absolute Gasteiger partial charge is 0.508 e. The molecule has 0 saturated carbocycles. The average molecular weight is 339 g/mol. The van der Waals surface area contributed by atoms with Gasteiger partial charge < -0.3 is 9.67 Å². The predicted molar refractivity (Wildman–Crippen MR) is 98.1 cm³/mol. The third-order valence-corrected chi connectivity index (χ3v) is 4.52. The van der Waals surface area contributed by atoms with Crippen LogP contribution in [0.1, 0.15) is 5.69 Å². The van der Waals surface area contributed by atoms with Crippen LogP contribution >= 0.6 is 11.8 Å². The Kier molecular flexibility index (Phi) is 4.57. The number of phenolic OH excluding ortho intramolecular Hbond substituents is 1. The van der Waals surface area contributed by atoms with Gasteiger partial charge in [0.2, 0.25) is 0 Å². The van der Waals surface area contributed by atoms with Crippen molar-refractivity contribution in [3.05, 3.63) is 65.8 Å². The van der Waals surface area contributed by atoms with E-state index in [2.05, 4.69) is 11.6 Å². The van der Waals surface area contributed by atoms with Gasteiger partial charge in [-0.3, -0.25) is 9.69 Å². The van der Waals surface area contributed by atoms with E-state index in [1.165, 1.54) is 11.8 Å². The number of aryl methyl sites for hydroxylation is 1. The highest BCUT2D eigenvalue weighted by Crippen LogP contribution is 2.34. The van der Waals surface area contributed by atoms with Gasteiger partial charge in [0.25, 0.3) is 5.91 Å². The summed E-state index contributed by atoms with van der Waals surface area (Å²) in [6.45, 7) is 4.09. The van der Waals surface area contributed by atoms with Crippen molar-refractivity contribution in [1.29, 1.82) is 0 Å². The third-order valence-electron chi connectivity index (χ3n) is 3.52. The third kappa shape index (κ3) is 3.28. The van der Waals surface area contributed by atoms with Gasteiger partial charge in [0, 0.05) is 31.5 Å². The molecule has 1 amide bonds. The quantitative estimate of drug-likeness (QED) is 0.685. The van der Waals surface area contributed by atoms with Gasteiger partial charge in [0.15, 0.2) is 5.17 Å². The number of rotatable bonds is 4. The topological polar surface area (TPSA) is 57.8 Å². The van der Waals surface area contributed by atoms with E-state index in [-0.39, 0.29) is 11.7 Å². The van der Waals surface area contributed by atoms with Crippen LogP contribution < -0.4 is 0 Å². The standard InChI is InChI=1S/C18H17N3O2S/c1-3-9-21-17(23)16(12-14-7-5-10-20(14)2)24-18(21)19-13-6-4-8-15(22)11-13/h3-8,10-12,22H,1,9H2,2H3/b16-12-,19-18?. The number of hydrogen-bond donors (Lipinski definition) is 1. The normalized spacial score (nSPS) is 17.9. The Morgan fingerprint density at radius 1 is 1.33 bits per heavy atom. The lowest BCUT2D eigenvalue weighted by atomic mass is 10.3. The SMILES string of the molecule is C=CCN1C(=O)/C(=C/c2cccn2C)SC1=Nc1cccc(O)c1. The maximum Gasteiger partial charge on any atom is 0.267 e. The molecular weight excluding hydrogens is 322 g/mol. The predicted octanol–water partition coefficient (Wildman–Crippen LogP) is 3.52. The van der Waals surface area contributed by atoms with Crippen LogP contribution in [0.15, 0.2) is 65.1 Å². The lowest BCUT2D eigenvalue weighted by Crippen LogP contribution is -2.29. The number of benzene rings is 1. The molecule has 1 aliphatic heterocycles. The molecule has 1 aromatic carbocycles. The summed E-state index contributed by atoms with van der Waals surface area (Å²) >= 11 is 1.32. The second kappa shape index (κ2) is 6.80. The van der Waals surface area contributed by atoms with Gasteiger partial charge in [-0.2, -0.15) is 0 Å². The van der Waals surface area contributed by atoms with Crippen molar-refractivity contribution in [3.63, 3.8) is 0 Å². The average Bonchev–Trinajstić information content (AvgIpc) is 3.07. The number of nitrogens with zero attached hydrogens (tertiary/aromatic N) is 3. The minimum Gasteiger partial charge on any atom is -0.508 e. The number of amidine groups is 1. The van der Waals surface area contributed by atoms with Gasteiger partial charge in [-0.15, -0.1) is 6.58 Å². The molecular formula is C18H17N3O2S. The van der Waals surface area contributed by atoms with Crippen molar-refractivity contribution in [3.8, 4) is 5.75 Å². The van der Waals surface area contributed by atoms with E-state index >= 15 is 0 Å². The molecule has 24 heavy (non-hydrogen) atoms. The number of carbonyl (C=O) groups is 1. The maximum absolute atomic E-state index is 12.7. The Balaban J connectivity index is 1.97. The molecule has 0 bridgehead atoms. The van der Waals surface area contributed by atoms with Crippen molar-refractivity contribution in [1.82, 2.24) is 9.47 Å². The van der Waals surface area contributed by atoms with E-state index < -0.39 is 0 Å². The first kappa shape index (κ1) is 16.1. The number of thioether (sulfide) groups is 1. The maximum atomic E-state index is 12.7. The van der Waals surface area contributed by atoms with E-state index in [1.807, 2.05) is 36.0 Å². The summed E-state index contributed by atoms with van der Waals surface area (Å²) in [7, 11) is 1.93. The molecule has 0 spiro atoms. The molecule has 2 aromatic rings. The highest BCUT2D eigenvalue weighted by molar-refractivity contribution is 8.18. The fourth-order valence-electron chi connectivity index (χ4n) is 2.31. The van der Waals surface area contributed by atoms with Gasteiger partial charge >= 0.3 is 0 Å². The minimum absolute atomic E-state index is 0.0972. The number of aromatic nitrogens is 1. The van der Waals surface area contributed by atoms with Crippen LogP contribution in [0.5, 0.6) is 5.75 Å². The van der Waals surface area contributed by atoms with Crippen molar-refractivity contribution in [2.45, 2.75) is 0 Å². The molecule has 6 heteroatoms. The van der Waals surface area contributed by atoms with Gasteiger partial charge in [0.1, 0.15) is 5.75 Å². The van der Waals surface area contributed by atoms with E-state index in [9.17, 15) is 9.90 Å². The number of carbonyl (C=O) groups excluding carboxylic acids is 1. The zero-order valence-electron chi connectivity index (χ0n) is 13.2. The highest BCUT2D eigenvalue weighted by Gasteiger charge is 2.32. The molecule has 1 fully saturated rings. The van der Waals surface area contributed by atoms with Gasteiger partial charge in [-0.25, -0.2) is 4.99 Å². The molecule has 2 heterocycles. The summed E-state index contributed by atoms with van der Waals surface area (Å²) in [6, 6.07) is 10.5. The molecule has 122 valence electrons. The summed E-state index contributed by atoms with van der Waals surface area (Å²) in [6.07, 6.45) is 5.45. The van der Waals surface area contributed by atoms with Gasteiger partial charge in [-0.1, -0.05) is 12.1 Å². The first-order chi connectivity index (χ1) is 11.6. The Bertz CT molecular complexity index is 851. The van der Waals surface area contributed by atoms with Crippen LogP contribution in [0.3, 0.4) is 0 Å². The molecule has 1 aliphatic rings.